The average Bonchev–Trinajstić information content (AvgIpc) is 2.89. The van der Waals surface area contributed by atoms with Crippen molar-refractivity contribution in [2.24, 2.45) is 11.8 Å². The Morgan fingerprint density at radius 1 is 1.25 bits per heavy atom. The zero-order chi connectivity index (χ0) is 21.1. The van der Waals surface area contributed by atoms with Gasteiger partial charge in [0.25, 0.3) is 11.8 Å². The molecule has 0 spiro atoms. The minimum atomic E-state index is -0.986. The number of nitrogens with one attached hydrogen (secondary N) is 2. The van der Waals surface area contributed by atoms with Crippen LogP contribution in [-0.4, -0.2) is 52.9 Å². The van der Waals surface area contributed by atoms with Crippen molar-refractivity contribution in [2.75, 3.05) is 6.54 Å². The lowest BCUT2D eigenvalue weighted by atomic mass is 9.78. The summed E-state index contributed by atoms with van der Waals surface area (Å²) >= 11 is 0. The molecular weight excluding hydrogens is 362 g/mol. The van der Waals surface area contributed by atoms with E-state index >= 15 is 0 Å². The molecule has 1 aliphatic carbocycles. The summed E-state index contributed by atoms with van der Waals surface area (Å²) in [7, 11) is 0. The molecule has 1 saturated heterocycles. The van der Waals surface area contributed by atoms with Crippen LogP contribution in [0.5, 0.6) is 0 Å². The first-order valence-electron chi connectivity index (χ1n) is 10.3. The van der Waals surface area contributed by atoms with Crippen LogP contribution in [0, 0.1) is 11.8 Å². The Balaban J connectivity index is 1.89. The SMILES string of the molecule is CCC1(CC)NC(=O)N(CC(=O)O[C@H](C)C(=O)N[C@H]2CCC[C@H](C)[C@@H]2C)C1=O. The molecular formula is C20H33N3O5. The number of hydrogen-bond donors (Lipinski definition) is 2. The van der Waals surface area contributed by atoms with Gasteiger partial charge in [0.2, 0.25) is 0 Å². The van der Waals surface area contributed by atoms with E-state index in [1.807, 2.05) is 13.8 Å². The molecule has 0 aromatic carbocycles. The van der Waals surface area contributed by atoms with Gasteiger partial charge in [-0.2, -0.15) is 0 Å². The third-order valence-corrected chi connectivity index (χ3v) is 6.45. The van der Waals surface area contributed by atoms with Crippen molar-refractivity contribution in [3.8, 4) is 0 Å². The first kappa shape index (κ1) is 22.2. The van der Waals surface area contributed by atoms with Crippen LogP contribution in [0.4, 0.5) is 4.79 Å². The number of amides is 4. The molecule has 2 rings (SSSR count). The van der Waals surface area contributed by atoms with Crippen molar-refractivity contribution in [3.05, 3.63) is 0 Å². The van der Waals surface area contributed by atoms with E-state index < -0.39 is 36.1 Å². The van der Waals surface area contributed by atoms with E-state index in [9.17, 15) is 19.2 Å². The lowest BCUT2D eigenvalue weighted by molar-refractivity contribution is -0.157. The highest BCUT2D eigenvalue weighted by Gasteiger charge is 2.49. The highest BCUT2D eigenvalue weighted by molar-refractivity contribution is 6.08. The second-order valence-electron chi connectivity index (χ2n) is 8.13. The molecule has 2 aliphatic rings. The fraction of sp³-hybridized carbons (Fsp3) is 0.800. The fourth-order valence-corrected chi connectivity index (χ4v) is 4.05. The van der Waals surface area contributed by atoms with Crippen molar-refractivity contribution >= 4 is 23.8 Å². The molecule has 0 radical (unpaired) electrons. The molecule has 0 unspecified atom stereocenters. The summed E-state index contributed by atoms with van der Waals surface area (Å²) in [5.41, 5.74) is -0.964. The van der Waals surface area contributed by atoms with Gasteiger partial charge < -0.3 is 15.4 Å². The van der Waals surface area contributed by atoms with Gasteiger partial charge in [-0.15, -0.1) is 0 Å². The van der Waals surface area contributed by atoms with Gasteiger partial charge in [-0.1, -0.05) is 40.5 Å². The Hall–Kier alpha value is -2.12. The van der Waals surface area contributed by atoms with Crippen molar-refractivity contribution < 1.29 is 23.9 Å². The van der Waals surface area contributed by atoms with Gasteiger partial charge in [0.15, 0.2) is 6.10 Å². The Labute approximate surface area is 166 Å². The van der Waals surface area contributed by atoms with Crippen LogP contribution in [0.1, 0.15) is 66.7 Å². The summed E-state index contributed by atoms with van der Waals surface area (Å²) in [5.74, 6) is -0.662. The lowest BCUT2D eigenvalue weighted by Gasteiger charge is -2.35. The summed E-state index contributed by atoms with van der Waals surface area (Å²) in [5, 5.41) is 5.63. The Morgan fingerprint density at radius 2 is 1.89 bits per heavy atom. The van der Waals surface area contributed by atoms with Crippen LogP contribution in [-0.2, 0) is 19.1 Å². The maximum atomic E-state index is 12.5. The number of esters is 1. The Kier molecular flexibility index (Phi) is 7.06. The largest absolute Gasteiger partial charge is 0.451 e. The van der Waals surface area contributed by atoms with Gasteiger partial charge in [-0.25, -0.2) is 4.79 Å². The van der Waals surface area contributed by atoms with E-state index in [4.69, 9.17) is 4.74 Å². The molecule has 1 heterocycles. The summed E-state index contributed by atoms with van der Waals surface area (Å²) in [6.45, 7) is 8.92. The molecule has 8 heteroatoms. The zero-order valence-corrected chi connectivity index (χ0v) is 17.5. The van der Waals surface area contributed by atoms with E-state index in [0.717, 1.165) is 24.2 Å². The van der Waals surface area contributed by atoms with Gasteiger partial charge in [0.1, 0.15) is 12.1 Å². The van der Waals surface area contributed by atoms with Crippen molar-refractivity contribution in [1.29, 1.82) is 0 Å². The maximum Gasteiger partial charge on any atom is 0.327 e. The topological polar surface area (TPSA) is 105 Å². The van der Waals surface area contributed by atoms with Gasteiger partial charge in [0.05, 0.1) is 0 Å². The van der Waals surface area contributed by atoms with Crippen molar-refractivity contribution in [3.63, 3.8) is 0 Å². The lowest BCUT2D eigenvalue weighted by Crippen LogP contribution is -2.48. The number of hydrogen-bond acceptors (Lipinski definition) is 5. The molecule has 1 aliphatic heterocycles. The number of rotatable bonds is 7. The summed E-state index contributed by atoms with van der Waals surface area (Å²) in [6.07, 6.45) is 3.03. The standard InChI is InChI=1S/C20H33N3O5/c1-6-20(7-2)18(26)23(19(27)22-20)11-16(24)28-14(5)17(25)21-15-10-8-9-12(3)13(15)4/h12-15H,6-11H2,1-5H3,(H,21,25)(H,22,27)/t12-,13-,14+,15-/m0/s1. The van der Waals surface area contributed by atoms with E-state index in [1.54, 1.807) is 0 Å². The highest BCUT2D eigenvalue weighted by atomic mass is 16.5. The number of ether oxygens (including phenoxy) is 1. The normalized spacial score (nSPS) is 27.9. The molecule has 0 aromatic rings. The van der Waals surface area contributed by atoms with E-state index in [2.05, 4.69) is 24.5 Å². The molecule has 0 aromatic heterocycles. The second-order valence-corrected chi connectivity index (χ2v) is 8.13. The van der Waals surface area contributed by atoms with Crippen LogP contribution in [0.3, 0.4) is 0 Å². The summed E-state index contributed by atoms with van der Waals surface area (Å²) in [4.78, 5) is 50.2. The monoisotopic (exact) mass is 395 g/mol. The molecule has 2 fully saturated rings. The number of carbonyl (C=O) groups excluding carboxylic acids is 4. The average molecular weight is 396 g/mol. The highest BCUT2D eigenvalue weighted by Crippen LogP contribution is 2.29. The predicted molar refractivity (Wildman–Crippen MR) is 103 cm³/mol. The summed E-state index contributed by atoms with van der Waals surface area (Å²) in [6, 6.07) is -0.536. The van der Waals surface area contributed by atoms with Crippen LogP contribution in [0.2, 0.25) is 0 Å². The van der Waals surface area contributed by atoms with Gasteiger partial charge in [-0.05, 0) is 38.0 Å². The third kappa shape index (κ3) is 4.47. The van der Waals surface area contributed by atoms with Crippen molar-refractivity contribution in [1.82, 2.24) is 15.5 Å². The van der Waals surface area contributed by atoms with E-state index in [1.165, 1.54) is 6.92 Å². The first-order chi connectivity index (χ1) is 13.1. The molecule has 8 nitrogen and oxygen atoms in total. The van der Waals surface area contributed by atoms with Gasteiger partial charge in [-0.3, -0.25) is 19.3 Å². The molecule has 158 valence electrons. The maximum absolute atomic E-state index is 12.5. The molecule has 4 amide bonds. The predicted octanol–water partition coefficient (Wildman–Crippen LogP) is 1.97. The van der Waals surface area contributed by atoms with Crippen LogP contribution < -0.4 is 10.6 Å². The third-order valence-electron chi connectivity index (χ3n) is 6.45. The molecule has 1 saturated carbocycles. The molecule has 2 N–H and O–H groups in total. The number of imide groups is 1. The smallest absolute Gasteiger partial charge is 0.327 e. The fourth-order valence-electron chi connectivity index (χ4n) is 4.05. The van der Waals surface area contributed by atoms with Gasteiger partial charge >= 0.3 is 12.0 Å². The second kappa shape index (κ2) is 8.92. The first-order valence-corrected chi connectivity index (χ1v) is 10.3. The van der Waals surface area contributed by atoms with E-state index in [0.29, 0.717) is 24.7 Å². The quantitative estimate of drug-likeness (QED) is 0.506. The van der Waals surface area contributed by atoms with Crippen LogP contribution in [0.25, 0.3) is 0 Å². The van der Waals surface area contributed by atoms with Gasteiger partial charge in [0, 0.05) is 6.04 Å². The number of carbonyl (C=O) groups is 4. The van der Waals surface area contributed by atoms with Crippen molar-refractivity contribution in [2.45, 2.75) is 84.4 Å². The number of nitrogens with zero attached hydrogens (tertiary/aromatic N) is 1. The molecule has 4 atom stereocenters. The minimum Gasteiger partial charge on any atom is -0.451 e. The van der Waals surface area contributed by atoms with Crippen LogP contribution >= 0.6 is 0 Å². The summed E-state index contributed by atoms with van der Waals surface area (Å²) < 4.78 is 5.18. The minimum absolute atomic E-state index is 0.0677. The van der Waals surface area contributed by atoms with Crippen LogP contribution in [0.15, 0.2) is 0 Å². The zero-order valence-electron chi connectivity index (χ0n) is 17.5. The van der Waals surface area contributed by atoms with E-state index in [-0.39, 0.29) is 11.9 Å². The Morgan fingerprint density at radius 3 is 2.46 bits per heavy atom. The molecule has 28 heavy (non-hydrogen) atoms. The molecule has 0 bridgehead atoms. The number of urea groups is 1. The Bertz CT molecular complexity index is 631.